The van der Waals surface area contributed by atoms with Gasteiger partial charge in [0.2, 0.25) is 0 Å². The standard InChI is InChI=1S/C26H26N2O3S/c1-17-6-8-18(9-7-17)26-23-5-3-4-22(23)24-16-21(14-15-25(24)27-26)32(29,30)28-19-10-12-20(31-2)13-11-19/h3-4,6-16,22-23,26-28H,5H2,1-2H3. The molecule has 3 aromatic carbocycles. The maximum atomic E-state index is 13.1. The molecule has 2 aliphatic rings. The Morgan fingerprint density at radius 3 is 2.47 bits per heavy atom. The van der Waals surface area contributed by atoms with E-state index in [1.165, 1.54) is 11.1 Å². The predicted octanol–water partition coefficient (Wildman–Crippen LogP) is 5.63. The fourth-order valence-electron chi connectivity index (χ4n) is 4.72. The average Bonchev–Trinajstić information content (AvgIpc) is 3.29. The molecule has 0 fully saturated rings. The molecule has 0 spiro atoms. The lowest BCUT2D eigenvalue weighted by Crippen LogP contribution is -2.29. The summed E-state index contributed by atoms with van der Waals surface area (Å²) in [6.07, 6.45) is 5.40. The van der Waals surface area contributed by atoms with E-state index in [1.54, 1.807) is 37.4 Å². The van der Waals surface area contributed by atoms with Crippen molar-refractivity contribution in [1.82, 2.24) is 0 Å². The van der Waals surface area contributed by atoms with Gasteiger partial charge in [0.15, 0.2) is 0 Å². The molecule has 3 atom stereocenters. The lowest BCUT2D eigenvalue weighted by atomic mass is 9.77. The predicted molar refractivity (Wildman–Crippen MR) is 128 cm³/mol. The van der Waals surface area contributed by atoms with E-state index in [4.69, 9.17) is 4.74 Å². The third-order valence-electron chi connectivity index (χ3n) is 6.42. The van der Waals surface area contributed by atoms with Crippen LogP contribution < -0.4 is 14.8 Å². The van der Waals surface area contributed by atoms with Crippen molar-refractivity contribution in [1.29, 1.82) is 0 Å². The van der Waals surface area contributed by atoms with Crippen LogP contribution in [0, 0.1) is 12.8 Å². The zero-order valence-electron chi connectivity index (χ0n) is 18.1. The van der Waals surface area contributed by atoms with Gasteiger partial charge in [-0.1, -0.05) is 42.0 Å². The Morgan fingerprint density at radius 1 is 1.00 bits per heavy atom. The first-order valence-electron chi connectivity index (χ1n) is 10.8. The highest BCUT2D eigenvalue weighted by atomic mass is 32.2. The van der Waals surface area contributed by atoms with Crippen molar-refractivity contribution in [3.05, 3.63) is 95.6 Å². The smallest absolute Gasteiger partial charge is 0.261 e. The highest BCUT2D eigenvalue weighted by Crippen LogP contribution is 2.50. The molecule has 6 heteroatoms. The highest BCUT2D eigenvalue weighted by Gasteiger charge is 2.38. The van der Waals surface area contributed by atoms with E-state index >= 15 is 0 Å². The van der Waals surface area contributed by atoms with Crippen LogP contribution in [0.2, 0.25) is 0 Å². The summed E-state index contributed by atoms with van der Waals surface area (Å²) in [6, 6.07) is 21.1. The number of aryl methyl sites for hydroxylation is 1. The van der Waals surface area contributed by atoms with E-state index in [1.807, 2.05) is 12.1 Å². The SMILES string of the molecule is COc1ccc(NS(=O)(=O)c2ccc3c(c2)C2C=CCC2C(c2ccc(C)cc2)N3)cc1. The van der Waals surface area contributed by atoms with Crippen molar-refractivity contribution in [2.45, 2.75) is 30.2 Å². The number of allylic oxidation sites excluding steroid dienone is 2. The Bertz CT molecular complexity index is 1270. The molecule has 1 heterocycles. The van der Waals surface area contributed by atoms with Gasteiger partial charge in [0.25, 0.3) is 10.0 Å². The Balaban J connectivity index is 1.46. The summed E-state index contributed by atoms with van der Waals surface area (Å²) in [5, 5.41) is 3.68. The summed E-state index contributed by atoms with van der Waals surface area (Å²) in [7, 11) is -2.13. The summed E-state index contributed by atoms with van der Waals surface area (Å²) < 4.78 is 34.0. The molecule has 2 N–H and O–H groups in total. The largest absolute Gasteiger partial charge is 0.497 e. The van der Waals surface area contributed by atoms with Crippen LogP contribution in [0.4, 0.5) is 11.4 Å². The Morgan fingerprint density at radius 2 is 1.75 bits per heavy atom. The minimum atomic E-state index is -3.71. The topological polar surface area (TPSA) is 67.4 Å². The molecule has 0 radical (unpaired) electrons. The molecule has 5 rings (SSSR count). The molecular weight excluding hydrogens is 420 g/mol. The van der Waals surface area contributed by atoms with Crippen molar-refractivity contribution in [3.63, 3.8) is 0 Å². The number of sulfonamides is 1. The summed E-state index contributed by atoms with van der Waals surface area (Å²) in [6.45, 7) is 2.09. The molecule has 0 saturated heterocycles. The van der Waals surface area contributed by atoms with Crippen molar-refractivity contribution < 1.29 is 13.2 Å². The van der Waals surface area contributed by atoms with E-state index in [9.17, 15) is 8.42 Å². The zero-order valence-corrected chi connectivity index (χ0v) is 18.9. The monoisotopic (exact) mass is 446 g/mol. The second kappa shape index (κ2) is 8.02. The Labute approximate surface area is 189 Å². The van der Waals surface area contributed by atoms with Crippen molar-refractivity contribution in [3.8, 4) is 5.75 Å². The average molecular weight is 447 g/mol. The van der Waals surface area contributed by atoms with Crippen molar-refractivity contribution in [2.75, 3.05) is 17.1 Å². The van der Waals surface area contributed by atoms with E-state index in [0.717, 1.165) is 17.7 Å². The van der Waals surface area contributed by atoms with Gasteiger partial charge in [-0.15, -0.1) is 0 Å². The molecule has 0 amide bonds. The molecular formula is C26H26N2O3S. The van der Waals surface area contributed by atoms with Gasteiger partial charge in [0.05, 0.1) is 18.0 Å². The van der Waals surface area contributed by atoms with Crippen LogP contribution in [0.15, 0.2) is 83.8 Å². The van der Waals surface area contributed by atoms with E-state index < -0.39 is 10.0 Å². The molecule has 0 bridgehead atoms. The van der Waals surface area contributed by atoms with E-state index in [2.05, 4.69) is 53.4 Å². The third-order valence-corrected chi connectivity index (χ3v) is 7.80. The maximum Gasteiger partial charge on any atom is 0.261 e. The third kappa shape index (κ3) is 3.75. The van der Waals surface area contributed by atoms with Crippen LogP contribution in [-0.2, 0) is 10.0 Å². The minimum Gasteiger partial charge on any atom is -0.497 e. The molecule has 3 unspecified atom stereocenters. The number of hydrogen-bond acceptors (Lipinski definition) is 4. The van der Waals surface area contributed by atoms with E-state index in [0.29, 0.717) is 17.4 Å². The maximum absolute atomic E-state index is 13.1. The molecule has 32 heavy (non-hydrogen) atoms. The molecule has 1 aliphatic carbocycles. The first-order valence-corrected chi connectivity index (χ1v) is 12.2. The van der Waals surface area contributed by atoms with Gasteiger partial charge < -0.3 is 10.1 Å². The quantitative estimate of drug-likeness (QED) is 0.499. The van der Waals surface area contributed by atoms with Crippen LogP contribution >= 0.6 is 0 Å². The van der Waals surface area contributed by atoms with Gasteiger partial charge in [-0.25, -0.2) is 8.42 Å². The fraction of sp³-hybridized carbons (Fsp3) is 0.231. The minimum absolute atomic E-state index is 0.189. The van der Waals surface area contributed by atoms with Gasteiger partial charge >= 0.3 is 0 Å². The van der Waals surface area contributed by atoms with Gasteiger partial charge in [-0.3, -0.25) is 4.72 Å². The number of fused-ring (bicyclic) bond motifs is 3. The summed E-state index contributed by atoms with van der Waals surface area (Å²) in [4.78, 5) is 0.265. The normalized spacial score (nSPS) is 21.4. The first-order chi connectivity index (χ1) is 15.4. The molecule has 0 aromatic heterocycles. The van der Waals surface area contributed by atoms with Gasteiger partial charge in [-0.2, -0.15) is 0 Å². The number of anilines is 2. The lowest BCUT2D eigenvalue weighted by Gasteiger charge is -2.37. The molecule has 5 nitrogen and oxygen atoms in total. The second-order valence-corrected chi connectivity index (χ2v) is 10.2. The van der Waals surface area contributed by atoms with Crippen molar-refractivity contribution in [2.24, 2.45) is 5.92 Å². The number of ether oxygens (including phenoxy) is 1. The molecule has 0 saturated carbocycles. The summed E-state index contributed by atoms with van der Waals surface area (Å²) in [5.74, 6) is 1.22. The molecule has 1 aliphatic heterocycles. The number of benzene rings is 3. The molecule has 3 aromatic rings. The fourth-order valence-corrected chi connectivity index (χ4v) is 5.81. The Kier molecular flexibility index (Phi) is 5.18. The van der Waals surface area contributed by atoms with Crippen LogP contribution in [0.5, 0.6) is 5.75 Å². The van der Waals surface area contributed by atoms with Crippen LogP contribution in [0.3, 0.4) is 0 Å². The van der Waals surface area contributed by atoms with Gasteiger partial charge in [0.1, 0.15) is 5.75 Å². The zero-order chi connectivity index (χ0) is 22.3. The molecule has 164 valence electrons. The number of nitrogens with one attached hydrogen (secondary N) is 2. The van der Waals surface area contributed by atoms with Gasteiger partial charge in [0, 0.05) is 17.3 Å². The van der Waals surface area contributed by atoms with Crippen LogP contribution in [0.1, 0.15) is 35.1 Å². The second-order valence-electron chi connectivity index (χ2n) is 8.47. The summed E-state index contributed by atoms with van der Waals surface area (Å²) >= 11 is 0. The van der Waals surface area contributed by atoms with Crippen molar-refractivity contribution >= 4 is 21.4 Å². The first kappa shape index (κ1) is 20.6. The van der Waals surface area contributed by atoms with Crippen LogP contribution in [-0.4, -0.2) is 15.5 Å². The van der Waals surface area contributed by atoms with E-state index in [-0.39, 0.29) is 16.9 Å². The summed E-state index contributed by atoms with van der Waals surface area (Å²) in [5.41, 5.74) is 5.03. The highest BCUT2D eigenvalue weighted by molar-refractivity contribution is 7.92. The van der Waals surface area contributed by atoms with Gasteiger partial charge in [-0.05, 0) is 72.9 Å². The van der Waals surface area contributed by atoms with Crippen LogP contribution in [0.25, 0.3) is 0 Å². The number of methoxy groups -OCH3 is 1. The number of rotatable bonds is 5. The number of hydrogen-bond donors (Lipinski definition) is 2. The Hall–Kier alpha value is -3.25. The lowest BCUT2D eigenvalue weighted by molar-refractivity contribution is 0.415.